The van der Waals surface area contributed by atoms with Crippen molar-refractivity contribution in [1.82, 2.24) is 14.6 Å². The number of aryl methyl sites for hydroxylation is 1. The van der Waals surface area contributed by atoms with Crippen LogP contribution < -0.4 is 10.0 Å². The molecule has 2 N–H and O–H groups in total. The molecule has 0 radical (unpaired) electrons. The summed E-state index contributed by atoms with van der Waals surface area (Å²) < 4.78 is 27.8. The molecule has 1 amide bonds. The highest BCUT2D eigenvalue weighted by atomic mass is 35.5. The second-order valence-corrected chi connectivity index (χ2v) is 9.90. The molecule has 1 aliphatic rings. The molecule has 162 valence electrons. The Morgan fingerprint density at radius 2 is 2.00 bits per heavy atom. The maximum absolute atomic E-state index is 12.6. The number of rotatable bonds is 7. The number of aromatic nitrogens is 1. The molecule has 2 heterocycles. The summed E-state index contributed by atoms with van der Waals surface area (Å²) in [5, 5.41) is 3.31. The third-order valence-corrected chi connectivity index (χ3v) is 7.01. The van der Waals surface area contributed by atoms with E-state index in [0.29, 0.717) is 23.9 Å². The number of likely N-dealkylation sites (tertiary alicyclic amines) is 1. The molecule has 9 heteroatoms. The predicted molar refractivity (Wildman–Crippen MR) is 118 cm³/mol. The fourth-order valence-corrected chi connectivity index (χ4v) is 4.72. The van der Waals surface area contributed by atoms with Crippen molar-refractivity contribution in [3.05, 3.63) is 53.2 Å². The largest absolute Gasteiger partial charge is 0.309 e. The number of carbonyl (C=O) groups excluding carboxylic acids is 1. The quantitative estimate of drug-likeness (QED) is 0.676. The number of anilines is 1. The summed E-state index contributed by atoms with van der Waals surface area (Å²) in [6, 6.07) is 9.78. The molecular formula is C21H27ClN4O3S. The van der Waals surface area contributed by atoms with Gasteiger partial charge in [-0.15, -0.1) is 0 Å². The fraction of sp³-hybridized carbons (Fsp3) is 0.429. The molecule has 7 nitrogen and oxygen atoms in total. The molecule has 0 bridgehead atoms. The van der Waals surface area contributed by atoms with Crippen LogP contribution in [0.5, 0.6) is 0 Å². The van der Waals surface area contributed by atoms with Crippen molar-refractivity contribution in [3.8, 4) is 0 Å². The fourth-order valence-electron chi connectivity index (χ4n) is 3.49. The number of nitrogens with zero attached hydrogens (tertiary/aromatic N) is 2. The van der Waals surface area contributed by atoms with Gasteiger partial charge in [0.1, 0.15) is 5.82 Å². The predicted octanol–water partition coefficient (Wildman–Crippen LogP) is 3.06. The zero-order valence-corrected chi connectivity index (χ0v) is 18.7. The van der Waals surface area contributed by atoms with Crippen LogP contribution in [0.4, 0.5) is 5.82 Å². The number of carbonyl (C=O) groups is 1. The SMILES string of the molecule is Cc1ccc(S(=O)(=O)NCC2CCCN(C(C)C(=O)Nc3ccc(Cl)cn3)C2)cc1. The van der Waals surface area contributed by atoms with Gasteiger partial charge in [0, 0.05) is 19.3 Å². The number of hydrogen-bond acceptors (Lipinski definition) is 5. The number of sulfonamides is 1. The van der Waals surface area contributed by atoms with E-state index in [1.54, 1.807) is 36.4 Å². The van der Waals surface area contributed by atoms with E-state index in [4.69, 9.17) is 11.6 Å². The molecular weight excluding hydrogens is 424 g/mol. The monoisotopic (exact) mass is 450 g/mol. The van der Waals surface area contributed by atoms with Crippen molar-refractivity contribution < 1.29 is 13.2 Å². The van der Waals surface area contributed by atoms with Crippen molar-refractivity contribution >= 4 is 33.3 Å². The molecule has 30 heavy (non-hydrogen) atoms. The highest BCUT2D eigenvalue weighted by molar-refractivity contribution is 7.89. The molecule has 1 aliphatic heterocycles. The smallest absolute Gasteiger partial charge is 0.242 e. The molecule has 0 aliphatic carbocycles. The molecule has 1 saturated heterocycles. The summed E-state index contributed by atoms with van der Waals surface area (Å²) >= 11 is 5.82. The molecule has 2 aromatic rings. The van der Waals surface area contributed by atoms with Gasteiger partial charge in [0.15, 0.2) is 0 Å². The van der Waals surface area contributed by atoms with Gasteiger partial charge in [0.05, 0.1) is 16.0 Å². The van der Waals surface area contributed by atoms with E-state index in [9.17, 15) is 13.2 Å². The Kier molecular flexibility index (Phi) is 7.46. The normalized spacial score (nSPS) is 18.7. The minimum Gasteiger partial charge on any atom is -0.309 e. The maximum atomic E-state index is 12.6. The number of nitrogens with one attached hydrogen (secondary N) is 2. The molecule has 0 saturated carbocycles. The van der Waals surface area contributed by atoms with E-state index >= 15 is 0 Å². The van der Waals surface area contributed by atoms with Crippen molar-refractivity contribution in [3.63, 3.8) is 0 Å². The number of hydrogen-bond donors (Lipinski definition) is 2. The van der Waals surface area contributed by atoms with Crippen LogP contribution in [0.2, 0.25) is 5.02 Å². The van der Waals surface area contributed by atoms with Gasteiger partial charge in [0.25, 0.3) is 0 Å². The summed E-state index contributed by atoms with van der Waals surface area (Å²) in [6.07, 6.45) is 3.31. The first kappa shape index (κ1) is 22.7. The summed E-state index contributed by atoms with van der Waals surface area (Å²) in [5.74, 6) is 0.448. The summed E-state index contributed by atoms with van der Waals surface area (Å²) in [6.45, 7) is 5.56. The first-order valence-electron chi connectivity index (χ1n) is 9.97. The topological polar surface area (TPSA) is 91.4 Å². The molecule has 2 unspecified atom stereocenters. The lowest BCUT2D eigenvalue weighted by Crippen LogP contribution is -2.49. The first-order chi connectivity index (χ1) is 14.2. The highest BCUT2D eigenvalue weighted by Gasteiger charge is 2.28. The van der Waals surface area contributed by atoms with Crippen molar-refractivity contribution in [1.29, 1.82) is 0 Å². The lowest BCUT2D eigenvalue weighted by Gasteiger charge is -2.36. The lowest BCUT2D eigenvalue weighted by atomic mass is 9.97. The van der Waals surface area contributed by atoms with Gasteiger partial charge in [0.2, 0.25) is 15.9 Å². The minimum absolute atomic E-state index is 0.142. The maximum Gasteiger partial charge on any atom is 0.242 e. The van der Waals surface area contributed by atoms with Gasteiger partial charge in [-0.1, -0.05) is 29.3 Å². The molecule has 0 spiro atoms. The van der Waals surface area contributed by atoms with Crippen molar-refractivity contribution in [2.75, 3.05) is 25.0 Å². The Morgan fingerprint density at radius 1 is 1.27 bits per heavy atom. The van der Waals surface area contributed by atoms with E-state index in [2.05, 4.69) is 19.9 Å². The number of benzene rings is 1. The van der Waals surface area contributed by atoms with Gasteiger partial charge in [-0.05, 0) is 63.4 Å². The van der Waals surface area contributed by atoms with Gasteiger partial charge in [-0.25, -0.2) is 18.1 Å². The number of halogens is 1. The van der Waals surface area contributed by atoms with E-state index in [0.717, 1.165) is 24.9 Å². The zero-order chi connectivity index (χ0) is 21.7. The Labute approximate surface area is 182 Å². The van der Waals surface area contributed by atoms with E-state index < -0.39 is 10.0 Å². The van der Waals surface area contributed by atoms with Gasteiger partial charge in [-0.2, -0.15) is 0 Å². The van der Waals surface area contributed by atoms with Crippen LogP contribution in [0.1, 0.15) is 25.3 Å². The second kappa shape index (κ2) is 9.87. The van der Waals surface area contributed by atoms with E-state index in [1.807, 2.05) is 13.8 Å². The molecule has 1 aromatic heterocycles. The lowest BCUT2D eigenvalue weighted by molar-refractivity contribution is -0.121. The Morgan fingerprint density at radius 3 is 2.67 bits per heavy atom. The molecule has 2 atom stereocenters. The van der Waals surface area contributed by atoms with E-state index in [-0.39, 0.29) is 22.8 Å². The number of amides is 1. The Balaban J connectivity index is 1.54. The van der Waals surface area contributed by atoms with E-state index in [1.165, 1.54) is 6.20 Å². The van der Waals surface area contributed by atoms with Crippen LogP contribution >= 0.6 is 11.6 Å². The van der Waals surface area contributed by atoms with Crippen LogP contribution in [0.15, 0.2) is 47.5 Å². The van der Waals surface area contributed by atoms with Crippen molar-refractivity contribution in [2.45, 2.75) is 37.6 Å². The van der Waals surface area contributed by atoms with Gasteiger partial charge in [-0.3, -0.25) is 9.69 Å². The van der Waals surface area contributed by atoms with Crippen LogP contribution in [0, 0.1) is 12.8 Å². The molecule has 1 fully saturated rings. The zero-order valence-electron chi connectivity index (χ0n) is 17.1. The summed E-state index contributed by atoms with van der Waals surface area (Å²) in [7, 11) is -3.54. The van der Waals surface area contributed by atoms with Crippen LogP contribution in [0.25, 0.3) is 0 Å². The summed E-state index contributed by atoms with van der Waals surface area (Å²) in [5.41, 5.74) is 1.01. The van der Waals surface area contributed by atoms with Crippen LogP contribution in [0.3, 0.4) is 0 Å². The van der Waals surface area contributed by atoms with Gasteiger partial charge >= 0.3 is 0 Å². The standard InChI is InChI=1S/C21H27ClN4O3S/c1-15-5-8-19(9-6-15)30(28,29)24-12-17-4-3-11-26(14-17)16(2)21(27)25-20-10-7-18(22)13-23-20/h5-10,13,16-17,24H,3-4,11-12,14H2,1-2H3,(H,23,25,27). The third-order valence-electron chi connectivity index (χ3n) is 5.35. The van der Waals surface area contributed by atoms with Gasteiger partial charge < -0.3 is 5.32 Å². The Hall–Kier alpha value is -2.00. The molecule has 3 rings (SSSR count). The number of piperidine rings is 1. The van der Waals surface area contributed by atoms with Crippen molar-refractivity contribution in [2.24, 2.45) is 5.92 Å². The first-order valence-corrected chi connectivity index (χ1v) is 11.8. The average Bonchev–Trinajstić information content (AvgIpc) is 2.74. The van der Waals surface area contributed by atoms with Crippen LogP contribution in [-0.2, 0) is 14.8 Å². The summed E-state index contributed by atoms with van der Waals surface area (Å²) in [4.78, 5) is 19.0. The minimum atomic E-state index is -3.54. The second-order valence-electron chi connectivity index (χ2n) is 7.70. The Bertz CT molecular complexity index is 965. The average molecular weight is 451 g/mol. The number of pyridine rings is 1. The highest BCUT2D eigenvalue weighted by Crippen LogP contribution is 2.20. The molecule has 1 aromatic carbocycles. The van der Waals surface area contributed by atoms with Crippen LogP contribution in [-0.4, -0.2) is 49.9 Å². The third kappa shape index (κ3) is 6.01.